The Kier molecular flexibility index (Phi) is 4.26. The first-order valence-electron chi connectivity index (χ1n) is 5.73. The molecule has 1 rings (SSSR count). The molecule has 0 saturated carbocycles. The van der Waals surface area contributed by atoms with Crippen LogP contribution in [0.2, 0.25) is 0 Å². The molecule has 0 aromatic heterocycles. The molecule has 1 aromatic carbocycles. The second-order valence-electron chi connectivity index (χ2n) is 5.74. The quantitative estimate of drug-likeness (QED) is 0.806. The van der Waals surface area contributed by atoms with Crippen molar-refractivity contribution in [1.82, 2.24) is 0 Å². The number of carboxylic acids is 1. The first-order chi connectivity index (χ1) is 7.73. The molecule has 1 unspecified atom stereocenters. The Hall–Kier alpha value is -0.960. The van der Waals surface area contributed by atoms with Gasteiger partial charge in [0.2, 0.25) is 0 Å². The van der Waals surface area contributed by atoms with Crippen molar-refractivity contribution in [3.05, 3.63) is 35.9 Å². The zero-order valence-electron chi connectivity index (χ0n) is 10.6. The highest BCUT2D eigenvalue weighted by Crippen LogP contribution is 2.34. The molecule has 0 amide bonds. The van der Waals surface area contributed by atoms with Gasteiger partial charge in [0.15, 0.2) is 0 Å². The summed E-state index contributed by atoms with van der Waals surface area (Å²) in [4.78, 5) is 11.4. The number of benzene rings is 1. The molecule has 0 spiro atoms. The van der Waals surface area contributed by atoms with Gasteiger partial charge in [-0.3, -0.25) is 4.79 Å². The van der Waals surface area contributed by atoms with E-state index in [1.165, 1.54) is 0 Å². The van der Waals surface area contributed by atoms with Crippen LogP contribution in [0.4, 0.5) is 0 Å². The highest BCUT2D eigenvalue weighted by Gasteiger charge is 2.38. The lowest BCUT2D eigenvalue weighted by Crippen LogP contribution is -2.38. The van der Waals surface area contributed by atoms with Gasteiger partial charge in [0.05, 0.1) is 0 Å². The van der Waals surface area contributed by atoms with E-state index in [1.807, 2.05) is 51.1 Å². The zero-order chi connectivity index (χ0) is 13.1. The van der Waals surface area contributed by atoms with Gasteiger partial charge in [0.1, 0.15) is 4.75 Å². The van der Waals surface area contributed by atoms with Crippen molar-refractivity contribution >= 4 is 18.6 Å². The van der Waals surface area contributed by atoms with Gasteiger partial charge < -0.3 is 5.11 Å². The van der Waals surface area contributed by atoms with Crippen LogP contribution in [0.3, 0.4) is 0 Å². The third kappa shape index (κ3) is 4.43. The van der Waals surface area contributed by atoms with E-state index >= 15 is 0 Å². The molecule has 94 valence electrons. The summed E-state index contributed by atoms with van der Waals surface area (Å²) in [6, 6.07) is 9.65. The summed E-state index contributed by atoms with van der Waals surface area (Å²) in [5.74, 6) is -0.848. The highest BCUT2D eigenvalue weighted by molar-refractivity contribution is 7.82. The second kappa shape index (κ2) is 5.13. The van der Waals surface area contributed by atoms with E-state index in [2.05, 4.69) is 12.6 Å². The van der Waals surface area contributed by atoms with Gasteiger partial charge in [-0.2, -0.15) is 12.6 Å². The minimum absolute atomic E-state index is 0.0606. The fourth-order valence-electron chi connectivity index (χ4n) is 2.02. The van der Waals surface area contributed by atoms with Crippen LogP contribution < -0.4 is 0 Å². The summed E-state index contributed by atoms with van der Waals surface area (Å²) >= 11 is 4.42. The predicted octanol–water partition coefficient (Wildman–Crippen LogP) is 3.42. The number of hydrogen-bond donors (Lipinski definition) is 2. The van der Waals surface area contributed by atoms with E-state index < -0.39 is 10.7 Å². The molecule has 3 heteroatoms. The smallest absolute Gasteiger partial charge is 0.319 e. The molecular formula is C14H20O2S. The van der Waals surface area contributed by atoms with Gasteiger partial charge in [-0.05, 0) is 23.8 Å². The highest BCUT2D eigenvalue weighted by atomic mass is 32.1. The molecule has 0 radical (unpaired) electrons. The molecule has 0 aliphatic rings. The molecular weight excluding hydrogens is 232 g/mol. The SMILES string of the molecule is CC(C)(C)CC(S)(Cc1ccccc1)C(=O)O. The molecule has 1 N–H and O–H groups in total. The lowest BCUT2D eigenvalue weighted by molar-refractivity contribution is -0.140. The number of rotatable bonds is 4. The van der Waals surface area contributed by atoms with Gasteiger partial charge in [-0.1, -0.05) is 51.1 Å². The third-order valence-electron chi connectivity index (χ3n) is 2.56. The largest absolute Gasteiger partial charge is 0.480 e. The second-order valence-corrected chi connectivity index (χ2v) is 6.59. The fourth-order valence-corrected chi connectivity index (χ4v) is 2.68. The minimum atomic E-state index is -1.00. The van der Waals surface area contributed by atoms with Crippen LogP contribution >= 0.6 is 12.6 Å². The summed E-state index contributed by atoms with van der Waals surface area (Å²) in [5.41, 5.74) is 0.948. The number of hydrogen-bond acceptors (Lipinski definition) is 2. The Morgan fingerprint density at radius 2 is 1.76 bits per heavy atom. The Balaban J connectivity index is 2.90. The molecule has 0 aliphatic heterocycles. The topological polar surface area (TPSA) is 37.3 Å². The Bertz CT molecular complexity index is 381. The van der Waals surface area contributed by atoms with E-state index in [9.17, 15) is 9.90 Å². The van der Waals surface area contributed by atoms with Crippen molar-refractivity contribution < 1.29 is 9.90 Å². The molecule has 0 bridgehead atoms. The standard InChI is InChI=1S/C14H20O2S/c1-13(2,3)10-14(17,12(15)16)9-11-7-5-4-6-8-11/h4-8,17H,9-10H2,1-3H3,(H,15,16). The molecule has 0 heterocycles. The Morgan fingerprint density at radius 1 is 1.24 bits per heavy atom. The molecule has 2 nitrogen and oxygen atoms in total. The minimum Gasteiger partial charge on any atom is -0.480 e. The Labute approximate surface area is 108 Å². The molecule has 1 atom stereocenters. The number of aliphatic carboxylic acids is 1. The number of thiol groups is 1. The van der Waals surface area contributed by atoms with Crippen molar-refractivity contribution in [2.45, 2.75) is 38.4 Å². The van der Waals surface area contributed by atoms with Gasteiger partial charge in [-0.25, -0.2) is 0 Å². The monoisotopic (exact) mass is 252 g/mol. The van der Waals surface area contributed by atoms with E-state index in [-0.39, 0.29) is 5.41 Å². The summed E-state index contributed by atoms with van der Waals surface area (Å²) in [6.45, 7) is 6.10. The first kappa shape index (κ1) is 14.1. The molecule has 0 saturated heterocycles. The zero-order valence-corrected chi connectivity index (χ0v) is 11.5. The maximum Gasteiger partial charge on any atom is 0.319 e. The van der Waals surface area contributed by atoms with E-state index in [0.29, 0.717) is 12.8 Å². The van der Waals surface area contributed by atoms with E-state index in [1.54, 1.807) is 0 Å². The summed E-state index contributed by atoms with van der Waals surface area (Å²) in [6.07, 6.45) is 0.983. The summed E-state index contributed by atoms with van der Waals surface area (Å²) < 4.78 is -1.00. The Morgan fingerprint density at radius 3 is 2.18 bits per heavy atom. The predicted molar refractivity (Wildman–Crippen MR) is 73.6 cm³/mol. The molecule has 17 heavy (non-hydrogen) atoms. The fraction of sp³-hybridized carbons (Fsp3) is 0.500. The van der Waals surface area contributed by atoms with Crippen molar-refractivity contribution in [2.75, 3.05) is 0 Å². The molecule has 0 fully saturated rings. The van der Waals surface area contributed by atoms with Gasteiger partial charge in [-0.15, -0.1) is 0 Å². The normalized spacial score (nSPS) is 15.3. The number of carbonyl (C=O) groups is 1. The van der Waals surface area contributed by atoms with Crippen molar-refractivity contribution in [3.63, 3.8) is 0 Å². The van der Waals surface area contributed by atoms with Gasteiger partial charge >= 0.3 is 5.97 Å². The average Bonchev–Trinajstić information content (AvgIpc) is 2.15. The van der Waals surface area contributed by atoms with Crippen molar-refractivity contribution in [3.8, 4) is 0 Å². The van der Waals surface area contributed by atoms with Gasteiger partial charge in [0.25, 0.3) is 0 Å². The first-order valence-corrected chi connectivity index (χ1v) is 6.17. The van der Waals surface area contributed by atoms with Crippen molar-refractivity contribution in [1.29, 1.82) is 0 Å². The van der Waals surface area contributed by atoms with Crippen LogP contribution in [0.1, 0.15) is 32.8 Å². The lowest BCUT2D eigenvalue weighted by Gasteiger charge is -2.31. The van der Waals surface area contributed by atoms with Crippen LogP contribution in [-0.2, 0) is 11.2 Å². The third-order valence-corrected chi connectivity index (χ3v) is 3.07. The lowest BCUT2D eigenvalue weighted by atomic mass is 9.81. The number of carboxylic acid groups (broad SMARTS) is 1. The van der Waals surface area contributed by atoms with Crippen LogP contribution in [-0.4, -0.2) is 15.8 Å². The van der Waals surface area contributed by atoms with E-state index in [0.717, 1.165) is 5.56 Å². The van der Waals surface area contributed by atoms with Crippen molar-refractivity contribution in [2.24, 2.45) is 5.41 Å². The summed E-state index contributed by atoms with van der Waals surface area (Å²) in [7, 11) is 0. The summed E-state index contributed by atoms with van der Waals surface area (Å²) in [5, 5.41) is 9.38. The van der Waals surface area contributed by atoms with Crippen LogP contribution in [0, 0.1) is 5.41 Å². The van der Waals surface area contributed by atoms with Gasteiger partial charge in [0, 0.05) is 0 Å². The van der Waals surface area contributed by atoms with Crippen LogP contribution in [0.15, 0.2) is 30.3 Å². The maximum atomic E-state index is 11.4. The molecule has 0 aliphatic carbocycles. The molecule has 1 aromatic rings. The average molecular weight is 252 g/mol. The van der Waals surface area contributed by atoms with E-state index in [4.69, 9.17) is 0 Å². The van der Waals surface area contributed by atoms with Crippen LogP contribution in [0.5, 0.6) is 0 Å². The van der Waals surface area contributed by atoms with Crippen LogP contribution in [0.25, 0.3) is 0 Å². The maximum absolute atomic E-state index is 11.4.